The third-order valence-corrected chi connectivity index (χ3v) is 2.64. The van der Waals surface area contributed by atoms with E-state index in [1.165, 1.54) is 12.1 Å². The van der Waals surface area contributed by atoms with Gasteiger partial charge in [0.05, 0.1) is 5.02 Å². The minimum atomic E-state index is -0.480. The van der Waals surface area contributed by atoms with Gasteiger partial charge in [0.25, 0.3) is 0 Å². The lowest BCUT2D eigenvalue weighted by Gasteiger charge is -2.03. The Kier molecular flexibility index (Phi) is 6.16. The van der Waals surface area contributed by atoms with Gasteiger partial charge in [0.15, 0.2) is 0 Å². The van der Waals surface area contributed by atoms with Gasteiger partial charge in [-0.3, -0.25) is 4.79 Å². The fraction of sp³-hybridized carbons (Fsp3) is 0.462. The van der Waals surface area contributed by atoms with Crippen LogP contribution in [0.15, 0.2) is 18.2 Å². The molecule has 1 aromatic carbocycles. The quantitative estimate of drug-likeness (QED) is 0.701. The van der Waals surface area contributed by atoms with Crippen LogP contribution < -0.4 is 0 Å². The minimum Gasteiger partial charge on any atom is -0.382 e. The molecule has 0 saturated carbocycles. The number of hydrogen-bond donors (Lipinski definition) is 0. The predicted molar refractivity (Wildman–Crippen MR) is 65.8 cm³/mol. The number of ether oxygens (including phenoxy) is 1. The summed E-state index contributed by atoms with van der Waals surface area (Å²) in [7, 11) is 0. The summed E-state index contributed by atoms with van der Waals surface area (Å²) in [5.41, 5.74) is 0.660. The van der Waals surface area contributed by atoms with Gasteiger partial charge in [-0.25, -0.2) is 4.39 Å². The number of Topliss-reactive ketones (excluding diaryl/α,β-unsaturated/α-hetero) is 1. The summed E-state index contributed by atoms with van der Waals surface area (Å²) in [6.45, 7) is 3.17. The maximum atomic E-state index is 13.1. The van der Waals surface area contributed by atoms with Crippen molar-refractivity contribution in [1.29, 1.82) is 0 Å². The van der Waals surface area contributed by atoms with Gasteiger partial charge in [0.2, 0.25) is 0 Å². The van der Waals surface area contributed by atoms with Crippen molar-refractivity contribution in [2.24, 2.45) is 0 Å². The molecule has 17 heavy (non-hydrogen) atoms. The maximum absolute atomic E-state index is 13.1. The molecule has 0 N–H and O–H groups in total. The second-order valence-corrected chi connectivity index (χ2v) is 4.17. The molecule has 0 saturated heterocycles. The third-order valence-electron chi connectivity index (χ3n) is 2.33. The molecule has 4 heteroatoms. The van der Waals surface area contributed by atoms with Gasteiger partial charge in [-0.05, 0) is 31.0 Å². The average Bonchev–Trinajstić information content (AvgIpc) is 2.30. The van der Waals surface area contributed by atoms with E-state index in [4.69, 9.17) is 16.3 Å². The molecular formula is C13H16ClFO2. The highest BCUT2D eigenvalue weighted by Gasteiger charge is 2.06. The zero-order valence-electron chi connectivity index (χ0n) is 9.84. The molecule has 0 atom stereocenters. The standard InChI is InChI=1S/C13H16ClFO2/c1-2-17-7-3-4-11(16)8-10-5-6-12(14)13(15)9-10/h5-6,9H,2-4,7-8H2,1H3. The fourth-order valence-electron chi connectivity index (χ4n) is 1.48. The fourth-order valence-corrected chi connectivity index (χ4v) is 1.60. The van der Waals surface area contributed by atoms with Crippen LogP contribution >= 0.6 is 11.6 Å². The Morgan fingerprint density at radius 1 is 1.47 bits per heavy atom. The first-order valence-corrected chi connectivity index (χ1v) is 6.04. The normalized spacial score (nSPS) is 10.5. The minimum absolute atomic E-state index is 0.0811. The first-order chi connectivity index (χ1) is 8.13. The molecule has 0 aliphatic carbocycles. The number of carbonyl (C=O) groups excluding carboxylic acids is 1. The van der Waals surface area contributed by atoms with E-state index in [0.717, 1.165) is 0 Å². The van der Waals surface area contributed by atoms with E-state index in [9.17, 15) is 9.18 Å². The number of rotatable bonds is 7. The van der Waals surface area contributed by atoms with Crippen LogP contribution in [0.1, 0.15) is 25.3 Å². The summed E-state index contributed by atoms with van der Waals surface area (Å²) in [5.74, 6) is -0.391. The van der Waals surface area contributed by atoms with Crippen LogP contribution in [0.25, 0.3) is 0 Å². The largest absolute Gasteiger partial charge is 0.382 e. The highest BCUT2D eigenvalue weighted by Crippen LogP contribution is 2.16. The highest BCUT2D eigenvalue weighted by atomic mass is 35.5. The lowest BCUT2D eigenvalue weighted by Crippen LogP contribution is -2.05. The molecule has 0 unspecified atom stereocenters. The number of carbonyl (C=O) groups is 1. The molecule has 0 bridgehead atoms. The smallest absolute Gasteiger partial charge is 0.142 e. The van der Waals surface area contributed by atoms with Crippen LogP contribution in [0, 0.1) is 5.82 Å². The summed E-state index contributed by atoms with van der Waals surface area (Å²) in [6, 6.07) is 4.45. The molecule has 1 rings (SSSR count). The summed E-state index contributed by atoms with van der Waals surface area (Å²) in [5, 5.41) is 0.0811. The van der Waals surface area contributed by atoms with Crippen molar-refractivity contribution < 1.29 is 13.9 Å². The van der Waals surface area contributed by atoms with Crippen LogP contribution in [0.4, 0.5) is 4.39 Å². The van der Waals surface area contributed by atoms with E-state index in [-0.39, 0.29) is 17.2 Å². The second-order valence-electron chi connectivity index (χ2n) is 3.76. The molecular weight excluding hydrogens is 243 g/mol. The molecule has 0 fully saturated rings. The lowest BCUT2D eigenvalue weighted by atomic mass is 10.1. The van der Waals surface area contributed by atoms with E-state index in [1.807, 2.05) is 6.92 Å². The Balaban J connectivity index is 2.37. The van der Waals surface area contributed by atoms with Crippen molar-refractivity contribution in [1.82, 2.24) is 0 Å². The molecule has 0 radical (unpaired) electrons. The molecule has 0 heterocycles. The maximum Gasteiger partial charge on any atom is 0.142 e. The van der Waals surface area contributed by atoms with Crippen LogP contribution in [0.2, 0.25) is 5.02 Å². The van der Waals surface area contributed by atoms with E-state index in [2.05, 4.69) is 0 Å². The van der Waals surface area contributed by atoms with Crippen molar-refractivity contribution >= 4 is 17.4 Å². The SMILES string of the molecule is CCOCCCC(=O)Cc1ccc(Cl)c(F)c1. The van der Waals surface area contributed by atoms with Gasteiger partial charge >= 0.3 is 0 Å². The van der Waals surface area contributed by atoms with Crippen LogP contribution in [-0.4, -0.2) is 19.0 Å². The Bertz CT molecular complexity index is 380. The predicted octanol–water partition coefficient (Wildman–Crippen LogP) is 3.41. The zero-order chi connectivity index (χ0) is 12.7. The Labute approximate surface area is 106 Å². The van der Waals surface area contributed by atoms with E-state index in [1.54, 1.807) is 6.07 Å². The molecule has 0 aliphatic rings. The topological polar surface area (TPSA) is 26.3 Å². The summed E-state index contributed by atoms with van der Waals surface area (Å²) < 4.78 is 18.3. The first-order valence-electron chi connectivity index (χ1n) is 5.67. The number of hydrogen-bond acceptors (Lipinski definition) is 2. The lowest BCUT2D eigenvalue weighted by molar-refractivity contribution is -0.118. The third kappa shape index (κ3) is 5.29. The summed E-state index contributed by atoms with van der Waals surface area (Å²) >= 11 is 5.56. The van der Waals surface area contributed by atoms with E-state index >= 15 is 0 Å². The van der Waals surface area contributed by atoms with Crippen molar-refractivity contribution in [2.75, 3.05) is 13.2 Å². The van der Waals surface area contributed by atoms with Crippen LogP contribution in [-0.2, 0) is 16.0 Å². The monoisotopic (exact) mass is 258 g/mol. The van der Waals surface area contributed by atoms with Gasteiger partial charge in [-0.2, -0.15) is 0 Å². The molecule has 1 aromatic rings. The molecule has 0 aliphatic heterocycles. The molecule has 0 spiro atoms. The summed E-state index contributed by atoms with van der Waals surface area (Å²) in [6.07, 6.45) is 1.42. The van der Waals surface area contributed by atoms with Gasteiger partial charge in [0, 0.05) is 26.1 Å². The Hall–Kier alpha value is -0.930. The Morgan fingerprint density at radius 2 is 2.24 bits per heavy atom. The number of halogens is 2. The number of ketones is 1. The van der Waals surface area contributed by atoms with Gasteiger partial charge < -0.3 is 4.74 Å². The van der Waals surface area contributed by atoms with Crippen molar-refractivity contribution in [3.63, 3.8) is 0 Å². The van der Waals surface area contributed by atoms with Crippen LogP contribution in [0.3, 0.4) is 0 Å². The van der Waals surface area contributed by atoms with E-state index < -0.39 is 5.82 Å². The van der Waals surface area contributed by atoms with Gasteiger partial charge in [-0.1, -0.05) is 17.7 Å². The van der Waals surface area contributed by atoms with Crippen molar-refractivity contribution in [3.8, 4) is 0 Å². The van der Waals surface area contributed by atoms with Crippen LogP contribution in [0.5, 0.6) is 0 Å². The number of benzene rings is 1. The molecule has 0 aromatic heterocycles. The zero-order valence-corrected chi connectivity index (χ0v) is 10.6. The Morgan fingerprint density at radius 3 is 2.88 bits per heavy atom. The second kappa shape index (κ2) is 7.41. The molecule has 94 valence electrons. The average molecular weight is 259 g/mol. The molecule has 0 amide bonds. The first kappa shape index (κ1) is 14.1. The molecule has 2 nitrogen and oxygen atoms in total. The summed E-state index contributed by atoms with van der Waals surface area (Å²) in [4.78, 5) is 11.6. The van der Waals surface area contributed by atoms with Gasteiger partial charge in [0.1, 0.15) is 11.6 Å². The van der Waals surface area contributed by atoms with Crippen molar-refractivity contribution in [2.45, 2.75) is 26.2 Å². The van der Waals surface area contributed by atoms with Gasteiger partial charge in [-0.15, -0.1) is 0 Å². The van der Waals surface area contributed by atoms with Crippen molar-refractivity contribution in [3.05, 3.63) is 34.6 Å². The van der Waals surface area contributed by atoms with E-state index in [0.29, 0.717) is 31.6 Å². The highest BCUT2D eigenvalue weighted by molar-refractivity contribution is 6.30.